The molecular formula is C24H37N5O3. The van der Waals surface area contributed by atoms with Crippen LogP contribution in [0.1, 0.15) is 56.0 Å². The van der Waals surface area contributed by atoms with Crippen LogP contribution < -0.4 is 10.6 Å². The van der Waals surface area contributed by atoms with E-state index in [1.54, 1.807) is 0 Å². The van der Waals surface area contributed by atoms with E-state index >= 15 is 0 Å². The molecule has 2 atom stereocenters. The van der Waals surface area contributed by atoms with Gasteiger partial charge in [-0.2, -0.15) is 0 Å². The summed E-state index contributed by atoms with van der Waals surface area (Å²) in [6.45, 7) is 11.0. The van der Waals surface area contributed by atoms with E-state index in [2.05, 4.69) is 15.6 Å². The van der Waals surface area contributed by atoms with Gasteiger partial charge in [-0.3, -0.25) is 9.59 Å². The number of ether oxygens (including phenoxy) is 1. The number of rotatable bonds is 8. The first-order chi connectivity index (χ1) is 15.5. The number of hydrogen-bond acceptors (Lipinski definition) is 4. The third-order valence-electron chi connectivity index (χ3n) is 5.74. The monoisotopic (exact) mass is 443 g/mol. The molecule has 0 saturated carbocycles. The summed E-state index contributed by atoms with van der Waals surface area (Å²) in [6, 6.07) is 7.69. The Balaban J connectivity index is 1.48. The summed E-state index contributed by atoms with van der Waals surface area (Å²) in [6.07, 6.45) is 2.68. The molecule has 0 bridgehead atoms. The van der Waals surface area contributed by atoms with Gasteiger partial charge in [0.2, 0.25) is 5.91 Å². The highest BCUT2D eigenvalue weighted by Crippen LogP contribution is 2.15. The lowest BCUT2D eigenvalue weighted by Crippen LogP contribution is -2.48. The van der Waals surface area contributed by atoms with Gasteiger partial charge in [-0.05, 0) is 51.3 Å². The molecule has 8 heteroatoms. The Hall–Kier alpha value is -2.61. The Morgan fingerprint density at radius 2 is 1.88 bits per heavy atom. The van der Waals surface area contributed by atoms with Crippen molar-refractivity contribution in [2.24, 2.45) is 4.99 Å². The second kappa shape index (κ2) is 11.9. The van der Waals surface area contributed by atoms with Gasteiger partial charge in [-0.1, -0.05) is 12.1 Å². The molecule has 2 aliphatic rings. The summed E-state index contributed by atoms with van der Waals surface area (Å²) < 4.78 is 5.72. The van der Waals surface area contributed by atoms with Gasteiger partial charge >= 0.3 is 0 Å². The molecule has 0 spiro atoms. The zero-order valence-electron chi connectivity index (χ0n) is 19.6. The minimum absolute atomic E-state index is 0.0496. The second-order valence-electron chi connectivity index (χ2n) is 8.62. The van der Waals surface area contributed by atoms with E-state index in [1.165, 1.54) is 0 Å². The third kappa shape index (κ3) is 6.95. The second-order valence-corrected chi connectivity index (χ2v) is 8.62. The first-order valence-electron chi connectivity index (χ1n) is 11.8. The van der Waals surface area contributed by atoms with Crippen LogP contribution in [0.5, 0.6) is 0 Å². The number of amides is 2. The molecule has 2 unspecified atom stereocenters. The Labute approximate surface area is 191 Å². The fourth-order valence-corrected chi connectivity index (χ4v) is 4.21. The van der Waals surface area contributed by atoms with Gasteiger partial charge in [-0.25, -0.2) is 4.99 Å². The van der Waals surface area contributed by atoms with Gasteiger partial charge < -0.3 is 25.2 Å². The van der Waals surface area contributed by atoms with Crippen molar-refractivity contribution in [3.63, 3.8) is 0 Å². The van der Waals surface area contributed by atoms with E-state index in [-0.39, 0.29) is 24.0 Å². The highest BCUT2D eigenvalue weighted by atomic mass is 16.5. The average molecular weight is 444 g/mol. The van der Waals surface area contributed by atoms with Crippen LogP contribution >= 0.6 is 0 Å². The van der Waals surface area contributed by atoms with Crippen LogP contribution in [0, 0.1) is 0 Å². The van der Waals surface area contributed by atoms with Crippen molar-refractivity contribution >= 4 is 17.8 Å². The molecule has 1 aromatic carbocycles. The Bertz CT molecular complexity index is 785. The van der Waals surface area contributed by atoms with Crippen LogP contribution in [0.25, 0.3) is 0 Å². The van der Waals surface area contributed by atoms with Gasteiger partial charge in [0, 0.05) is 51.3 Å². The number of carbonyl (C=O) groups excluding carboxylic acids is 2. The number of likely N-dealkylation sites (tertiary alicyclic amines) is 1. The summed E-state index contributed by atoms with van der Waals surface area (Å²) in [5.41, 5.74) is 1.74. The molecule has 0 aliphatic carbocycles. The third-order valence-corrected chi connectivity index (χ3v) is 5.74. The van der Waals surface area contributed by atoms with Crippen molar-refractivity contribution in [1.82, 2.24) is 20.4 Å². The molecule has 2 aliphatic heterocycles. The Morgan fingerprint density at radius 1 is 1.16 bits per heavy atom. The largest absolute Gasteiger partial charge is 0.372 e. The normalized spacial score (nSPS) is 21.7. The molecule has 2 amide bonds. The lowest BCUT2D eigenvalue weighted by atomic mass is 10.1. The lowest BCUT2D eigenvalue weighted by Gasteiger charge is -2.35. The van der Waals surface area contributed by atoms with Crippen molar-refractivity contribution in [3.05, 3.63) is 35.4 Å². The summed E-state index contributed by atoms with van der Waals surface area (Å²) >= 11 is 0. The maximum Gasteiger partial charge on any atom is 0.254 e. The topological polar surface area (TPSA) is 86.3 Å². The maximum atomic E-state index is 12.8. The number of benzene rings is 1. The molecule has 2 saturated heterocycles. The van der Waals surface area contributed by atoms with Crippen molar-refractivity contribution < 1.29 is 14.3 Å². The van der Waals surface area contributed by atoms with Gasteiger partial charge in [0.25, 0.3) is 5.91 Å². The molecule has 8 nitrogen and oxygen atoms in total. The molecule has 2 N–H and O–H groups in total. The van der Waals surface area contributed by atoms with Crippen LogP contribution in [0.2, 0.25) is 0 Å². The Kier molecular flexibility index (Phi) is 8.90. The van der Waals surface area contributed by atoms with E-state index in [4.69, 9.17) is 4.74 Å². The van der Waals surface area contributed by atoms with Crippen LogP contribution in [0.3, 0.4) is 0 Å². The molecular weight excluding hydrogens is 406 g/mol. The number of aliphatic imine (C=N–C) groups is 1. The zero-order chi connectivity index (χ0) is 22.9. The number of morpholine rings is 1. The first kappa shape index (κ1) is 24.0. The fraction of sp³-hybridized carbons (Fsp3) is 0.625. The SMILES string of the molecule is CCNC(=NCc1ccc(C(=O)N2CC(C)OC(C)C2)cc1)NCCCN1CCCC1=O. The van der Waals surface area contributed by atoms with Crippen molar-refractivity contribution in [2.45, 2.75) is 58.8 Å². The number of guanidine groups is 1. The van der Waals surface area contributed by atoms with Crippen LogP contribution in [-0.2, 0) is 16.1 Å². The Morgan fingerprint density at radius 3 is 2.50 bits per heavy atom. The van der Waals surface area contributed by atoms with E-state index in [0.29, 0.717) is 31.6 Å². The number of hydrogen-bond donors (Lipinski definition) is 2. The van der Waals surface area contributed by atoms with E-state index in [0.717, 1.165) is 50.5 Å². The summed E-state index contributed by atoms with van der Waals surface area (Å²) in [4.78, 5) is 33.0. The quantitative estimate of drug-likeness (QED) is 0.365. The van der Waals surface area contributed by atoms with E-state index in [1.807, 2.05) is 54.8 Å². The molecule has 32 heavy (non-hydrogen) atoms. The molecule has 0 radical (unpaired) electrons. The van der Waals surface area contributed by atoms with Crippen molar-refractivity contribution in [2.75, 3.05) is 39.3 Å². The summed E-state index contributed by atoms with van der Waals surface area (Å²) in [5, 5.41) is 6.60. The first-order valence-corrected chi connectivity index (χ1v) is 11.8. The lowest BCUT2D eigenvalue weighted by molar-refractivity contribution is -0.127. The predicted molar refractivity (Wildman–Crippen MR) is 126 cm³/mol. The van der Waals surface area contributed by atoms with Gasteiger partial charge in [0.05, 0.1) is 18.8 Å². The van der Waals surface area contributed by atoms with Crippen molar-refractivity contribution in [1.29, 1.82) is 0 Å². The van der Waals surface area contributed by atoms with E-state index < -0.39 is 0 Å². The molecule has 3 rings (SSSR count). The van der Waals surface area contributed by atoms with Crippen molar-refractivity contribution in [3.8, 4) is 0 Å². The fourth-order valence-electron chi connectivity index (χ4n) is 4.21. The van der Waals surface area contributed by atoms with Gasteiger partial charge in [0.15, 0.2) is 5.96 Å². The molecule has 0 aromatic heterocycles. The summed E-state index contributed by atoms with van der Waals surface area (Å²) in [5.74, 6) is 1.08. The van der Waals surface area contributed by atoms with Crippen LogP contribution in [0.4, 0.5) is 0 Å². The highest BCUT2D eigenvalue weighted by Gasteiger charge is 2.26. The minimum atomic E-state index is 0.0496. The average Bonchev–Trinajstić information content (AvgIpc) is 3.18. The number of nitrogens with one attached hydrogen (secondary N) is 2. The highest BCUT2D eigenvalue weighted by molar-refractivity contribution is 5.94. The molecule has 2 heterocycles. The number of carbonyl (C=O) groups is 2. The van der Waals surface area contributed by atoms with E-state index in [9.17, 15) is 9.59 Å². The molecule has 1 aromatic rings. The number of nitrogens with zero attached hydrogens (tertiary/aromatic N) is 3. The smallest absolute Gasteiger partial charge is 0.254 e. The zero-order valence-corrected chi connectivity index (χ0v) is 19.6. The molecule has 176 valence electrons. The standard InChI is InChI=1S/C24H37N5O3/c1-4-25-24(26-12-6-14-28-13-5-7-22(28)30)27-15-20-8-10-21(11-9-20)23(31)29-16-18(2)32-19(3)17-29/h8-11,18-19H,4-7,12-17H2,1-3H3,(H2,25,26,27). The van der Waals surface area contributed by atoms with Gasteiger partial charge in [0.1, 0.15) is 0 Å². The van der Waals surface area contributed by atoms with Crippen LogP contribution in [0.15, 0.2) is 29.3 Å². The van der Waals surface area contributed by atoms with Gasteiger partial charge in [-0.15, -0.1) is 0 Å². The van der Waals surface area contributed by atoms with Crippen LogP contribution in [-0.4, -0.2) is 79.1 Å². The predicted octanol–water partition coefficient (Wildman–Crippen LogP) is 2.00. The minimum Gasteiger partial charge on any atom is -0.372 e. The maximum absolute atomic E-state index is 12.8. The summed E-state index contributed by atoms with van der Waals surface area (Å²) in [7, 11) is 0. The molecule has 2 fully saturated rings.